The SMILES string of the molecule is Cc1cccc(N)c1N(CC1CC1)C(C)C. The van der Waals surface area contributed by atoms with Gasteiger partial charge in [0.2, 0.25) is 0 Å². The molecule has 2 rings (SSSR count). The van der Waals surface area contributed by atoms with Crippen LogP contribution in [0.3, 0.4) is 0 Å². The van der Waals surface area contributed by atoms with Crippen molar-refractivity contribution in [3.05, 3.63) is 23.8 Å². The lowest BCUT2D eigenvalue weighted by Gasteiger charge is -2.31. The average Bonchev–Trinajstić information content (AvgIpc) is 2.99. The minimum atomic E-state index is 0.518. The van der Waals surface area contributed by atoms with Gasteiger partial charge in [0.25, 0.3) is 0 Å². The molecule has 0 saturated heterocycles. The van der Waals surface area contributed by atoms with E-state index in [0.717, 1.165) is 18.2 Å². The van der Waals surface area contributed by atoms with Gasteiger partial charge in [-0.05, 0) is 51.2 Å². The Balaban J connectivity index is 2.29. The molecular formula is C14H22N2. The molecule has 0 atom stereocenters. The first-order valence-electron chi connectivity index (χ1n) is 6.21. The van der Waals surface area contributed by atoms with E-state index in [1.807, 2.05) is 12.1 Å². The number of nitrogens with zero attached hydrogens (tertiary/aromatic N) is 1. The van der Waals surface area contributed by atoms with Gasteiger partial charge in [0.15, 0.2) is 0 Å². The zero-order valence-corrected chi connectivity index (χ0v) is 10.5. The minimum Gasteiger partial charge on any atom is -0.397 e. The summed E-state index contributed by atoms with van der Waals surface area (Å²) in [5.41, 5.74) is 9.55. The Bertz CT molecular complexity index is 347. The number of para-hydroxylation sites is 1. The first kappa shape index (κ1) is 11.3. The summed E-state index contributed by atoms with van der Waals surface area (Å²) in [6, 6.07) is 6.70. The lowest BCUT2D eigenvalue weighted by molar-refractivity contribution is 0.644. The molecule has 2 N–H and O–H groups in total. The minimum absolute atomic E-state index is 0.518. The van der Waals surface area contributed by atoms with Crippen molar-refractivity contribution in [1.29, 1.82) is 0 Å². The molecule has 88 valence electrons. The molecule has 1 aliphatic rings. The first-order chi connectivity index (χ1) is 7.59. The Kier molecular flexibility index (Phi) is 3.08. The number of aryl methyl sites for hydroxylation is 1. The fourth-order valence-corrected chi connectivity index (χ4v) is 2.21. The highest BCUT2D eigenvalue weighted by atomic mass is 15.2. The molecule has 16 heavy (non-hydrogen) atoms. The monoisotopic (exact) mass is 218 g/mol. The van der Waals surface area contributed by atoms with E-state index in [0.29, 0.717) is 6.04 Å². The van der Waals surface area contributed by atoms with Crippen molar-refractivity contribution in [1.82, 2.24) is 0 Å². The summed E-state index contributed by atoms with van der Waals surface area (Å²) < 4.78 is 0. The maximum Gasteiger partial charge on any atom is 0.0632 e. The average molecular weight is 218 g/mol. The number of nitrogens with two attached hydrogens (primary N) is 1. The molecule has 0 radical (unpaired) electrons. The van der Waals surface area contributed by atoms with E-state index in [-0.39, 0.29) is 0 Å². The van der Waals surface area contributed by atoms with Gasteiger partial charge >= 0.3 is 0 Å². The van der Waals surface area contributed by atoms with Crippen molar-refractivity contribution in [2.45, 2.75) is 39.7 Å². The van der Waals surface area contributed by atoms with E-state index >= 15 is 0 Å². The van der Waals surface area contributed by atoms with E-state index in [4.69, 9.17) is 5.73 Å². The number of nitrogen functional groups attached to an aromatic ring is 1. The van der Waals surface area contributed by atoms with Crippen molar-refractivity contribution in [2.75, 3.05) is 17.2 Å². The maximum atomic E-state index is 6.11. The van der Waals surface area contributed by atoms with Crippen LogP contribution in [-0.2, 0) is 0 Å². The zero-order chi connectivity index (χ0) is 11.7. The van der Waals surface area contributed by atoms with E-state index < -0.39 is 0 Å². The molecule has 2 nitrogen and oxygen atoms in total. The summed E-state index contributed by atoms with van der Waals surface area (Å²) >= 11 is 0. The zero-order valence-electron chi connectivity index (χ0n) is 10.5. The number of hydrogen-bond acceptors (Lipinski definition) is 2. The van der Waals surface area contributed by atoms with Crippen molar-refractivity contribution >= 4 is 11.4 Å². The van der Waals surface area contributed by atoms with Crippen molar-refractivity contribution < 1.29 is 0 Å². The van der Waals surface area contributed by atoms with Gasteiger partial charge in [-0.3, -0.25) is 0 Å². The molecular weight excluding hydrogens is 196 g/mol. The van der Waals surface area contributed by atoms with Crippen LogP contribution in [0, 0.1) is 12.8 Å². The van der Waals surface area contributed by atoms with Crippen LogP contribution in [0.1, 0.15) is 32.3 Å². The summed E-state index contributed by atoms with van der Waals surface area (Å²) in [6.07, 6.45) is 2.77. The van der Waals surface area contributed by atoms with E-state index in [9.17, 15) is 0 Å². The van der Waals surface area contributed by atoms with Crippen molar-refractivity contribution in [3.8, 4) is 0 Å². The molecule has 2 heteroatoms. The van der Waals surface area contributed by atoms with E-state index in [1.54, 1.807) is 0 Å². The Labute approximate surface area is 98.4 Å². The topological polar surface area (TPSA) is 29.3 Å². The van der Waals surface area contributed by atoms with Gasteiger partial charge in [0, 0.05) is 12.6 Å². The quantitative estimate of drug-likeness (QED) is 0.786. The summed E-state index contributed by atoms with van der Waals surface area (Å²) in [7, 11) is 0. The second-order valence-electron chi connectivity index (χ2n) is 5.20. The normalized spacial score (nSPS) is 15.5. The number of anilines is 2. The van der Waals surface area contributed by atoms with Crippen LogP contribution in [-0.4, -0.2) is 12.6 Å². The second kappa shape index (κ2) is 4.36. The molecule has 0 unspecified atom stereocenters. The van der Waals surface area contributed by atoms with Crippen LogP contribution >= 0.6 is 0 Å². The molecule has 1 fully saturated rings. The second-order valence-corrected chi connectivity index (χ2v) is 5.20. The highest BCUT2D eigenvalue weighted by Gasteiger charge is 2.27. The van der Waals surface area contributed by atoms with Gasteiger partial charge in [-0.15, -0.1) is 0 Å². The standard InChI is InChI=1S/C14H22N2/c1-10(2)16(9-12-7-8-12)14-11(3)5-4-6-13(14)15/h4-6,10,12H,7-9,15H2,1-3H3. The van der Waals surface area contributed by atoms with Crippen LogP contribution in [0.25, 0.3) is 0 Å². The largest absolute Gasteiger partial charge is 0.397 e. The third kappa shape index (κ3) is 2.31. The lowest BCUT2D eigenvalue weighted by Crippen LogP contribution is -2.33. The molecule has 0 aliphatic heterocycles. The van der Waals surface area contributed by atoms with Gasteiger partial charge in [0.1, 0.15) is 0 Å². The summed E-state index contributed by atoms with van der Waals surface area (Å²) in [6.45, 7) is 7.79. The third-order valence-corrected chi connectivity index (χ3v) is 3.33. The first-order valence-corrected chi connectivity index (χ1v) is 6.21. The lowest BCUT2D eigenvalue weighted by atomic mass is 10.1. The summed E-state index contributed by atoms with van der Waals surface area (Å²) in [5.74, 6) is 0.890. The van der Waals surface area contributed by atoms with E-state index in [2.05, 4.69) is 31.7 Å². The Morgan fingerprint density at radius 2 is 2.06 bits per heavy atom. The molecule has 1 aromatic rings. The number of rotatable bonds is 4. The molecule has 0 heterocycles. The molecule has 1 saturated carbocycles. The molecule has 1 aromatic carbocycles. The van der Waals surface area contributed by atoms with Crippen LogP contribution in [0.5, 0.6) is 0 Å². The highest BCUT2D eigenvalue weighted by Crippen LogP contribution is 2.35. The van der Waals surface area contributed by atoms with Crippen LogP contribution in [0.4, 0.5) is 11.4 Å². The molecule has 1 aliphatic carbocycles. The summed E-state index contributed by atoms with van der Waals surface area (Å²) in [5, 5.41) is 0. The predicted molar refractivity (Wildman–Crippen MR) is 70.8 cm³/mol. The van der Waals surface area contributed by atoms with Gasteiger partial charge in [-0.2, -0.15) is 0 Å². The fraction of sp³-hybridized carbons (Fsp3) is 0.571. The Hall–Kier alpha value is -1.18. The van der Waals surface area contributed by atoms with Gasteiger partial charge in [-0.1, -0.05) is 12.1 Å². The molecule has 0 amide bonds. The van der Waals surface area contributed by atoms with Crippen LogP contribution < -0.4 is 10.6 Å². The maximum absolute atomic E-state index is 6.11. The highest BCUT2D eigenvalue weighted by molar-refractivity contribution is 5.71. The molecule has 0 spiro atoms. The third-order valence-electron chi connectivity index (χ3n) is 3.33. The fourth-order valence-electron chi connectivity index (χ4n) is 2.21. The number of benzene rings is 1. The number of hydrogen-bond donors (Lipinski definition) is 1. The Morgan fingerprint density at radius 3 is 2.56 bits per heavy atom. The molecule has 0 bridgehead atoms. The van der Waals surface area contributed by atoms with Gasteiger partial charge in [-0.25, -0.2) is 0 Å². The van der Waals surface area contributed by atoms with Gasteiger partial charge < -0.3 is 10.6 Å². The van der Waals surface area contributed by atoms with Crippen LogP contribution in [0.2, 0.25) is 0 Å². The summed E-state index contributed by atoms with van der Waals surface area (Å²) in [4.78, 5) is 2.46. The van der Waals surface area contributed by atoms with Crippen molar-refractivity contribution in [2.24, 2.45) is 5.92 Å². The van der Waals surface area contributed by atoms with Crippen LogP contribution in [0.15, 0.2) is 18.2 Å². The van der Waals surface area contributed by atoms with Crippen molar-refractivity contribution in [3.63, 3.8) is 0 Å². The Morgan fingerprint density at radius 1 is 1.38 bits per heavy atom. The van der Waals surface area contributed by atoms with E-state index in [1.165, 1.54) is 24.1 Å². The smallest absolute Gasteiger partial charge is 0.0632 e. The molecule has 0 aromatic heterocycles. The predicted octanol–water partition coefficient (Wildman–Crippen LogP) is 3.20. The van der Waals surface area contributed by atoms with Gasteiger partial charge in [0.05, 0.1) is 11.4 Å².